The van der Waals surface area contributed by atoms with Gasteiger partial charge in [0.25, 0.3) is 0 Å². The Labute approximate surface area is 142 Å². The zero-order valence-electron chi connectivity index (χ0n) is 14.1. The monoisotopic (exact) mass is 324 g/mol. The first-order valence-corrected chi connectivity index (χ1v) is 9.03. The number of carbonyl (C=O) groups excluding carboxylic acids is 1. The summed E-state index contributed by atoms with van der Waals surface area (Å²) in [5.74, 6) is 1.43. The molecule has 0 aliphatic heterocycles. The number of carbonyl (C=O) groups is 1. The Morgan fingerprint density at radius 1 is 1.21 bits per heavy atom. The van der Waals surface area contributed by atoms with Crippen LogP contribution < -0.4 is 5.32 Å². The van der Waals surface area contributed by atoms with Gasteiger partial charge in [-0.2, -0.15) is 0 Å². The maximum atomic E-state index is 12.9. The number of benzene rings is 1. The standard InChI is InChI=1S/C20H24N2O2/c1-14-7-5-6-10-16(14)21-19(23)20(11-12-20)18-13-17(24-22-18)15-8-3-2-4-9-15/h2-4,8-9,13-14,16H,5-7,10-12H2,1H3,(H,21,23). The fourth-order valence-corrected chi connectivity index (χ4v) is 3.80. The van der Waals surface area contributed by atoms with Gasteiger partial charge in [0.15, 0.2) is 5.76 Å². The fourth-order valence-electron chi connectivity index (χ4n) is 3.80. The summed E-state index contributed by atoms with van der Waals surface area (Å²) in [6.07, 6.45) is 6.52. The summed E-state index contributed by atoms with van der Waals surface area (Å²) in [6, 6.07) is 12.2. The molecule has 1 aromatic carbocycles. The maximum absolute atomic E-state index is 12.9. The second-order valence-corrected chi connectivity index (χ2v) is 7.37. The number of hydrogen-bond acceptors (Lipinski definition) is 3. The Morgan fingerprint density at radius 2 is 1.96 bits per heavy atom. The Morgan fingerprint density at radius 3 is 2.67 bits per heavy atom. The van der Waals surface area contributed by atoms with Gasteiger partial charge in [-0.25, -0.2) is 0 Å². The average Bonchev–Trinajstić information content (AvgIpc) is 3.28. The summed E-state index contributed by atoms with van der Waals surface area (Å²) in [5, 5.41) is 7.52. The van der Waals surface area contributed by atoms with Gasteiger partial charge in [-0.05, 0) is 31.6 Å². The molecule has 2 unspecified atom stereocenters. The first kappa shape index (κ1) is 15.4. The summed E-state index contributed by atoms with van der Waals surface area (Å²) in [7, 11) is 0. The van der Waals surface area contributed by atoms with Crippen molar-refractivity contribution >= 4 is 5.91 Å². The lowest BCUT2D eigenvalue weighted by molar-refractivity contribution is -0.125. The highest BCUT2D eigenvalue weighted by Gasteiger charge is 2.54. The zero-order valence-corrected chi connectivity index (χ0v) is 14.1. The second-order valence-electron chi connectivity index (χ2n) is 7.37. The van der Waals surface area contributed by atoms with Gasteiger partial charge >= 0.3 is 0 Å². The minimum Gasteiger partial charge on any atom is -0.356 e. The highest BCUT2D eigenvalue weighted by atomic mass is 16.5. The van der Waals surface area contributed by atoms with Crippen molar-refractivity contribution in [2.24, 2.45) is 5.92 Å². The molecular weight excluding hydrogens is 300 g/mol. The van der Waals surface area contributed by atoms with Crippen LogP contribution in [-0.2, 0) is 10.2 Å². The van der Waals surface area contributed by atoms with Crippen molar-refractivity contribution in [1.82, 2.24) is 10.5 Å². The van der Waals surface area contributed by atoms with Crippen LogP contribution in [0.15, 0.2) is 40.9 Å². The number of hydrogen-bond donors (Lipinski definition) is 1. The van der Waals surface area contributed by atoms with Crippen molar-refractivity contribution in [2.45, 2.75) is 56.9 Å². The van der Waals surface area contributed by atoms with Crippen LogP contribution in [0.3, 0.4) is 0 Å². The van der Waals surface area contributed by atoms with Crippen LogP contribution in [0.2, 0.25) is 0 Å². The fraction of sp³-hybridized carbons (Fsp3) is 0.500. The molecule has 1 amide bonds. The van der Waals surface area contributed by atoms with Crippen LogP contribution in [0.5, 0.6) is 0 Å². The molecule has 24 heavy (non-hydrogen) atoms. The summed E-state index contributed by atoms with van der Waals surface area (Å²) in [5.41, 5.74) is 1.31. The van der Waals surface area contributed by atoms with Crippen molar-refractivity contribution in [2.75, 3.05) is 0 Å². The molecule has 4 rings (SSSR count). The van der Waals surface area contributed by atoms with Gasteiger partial charge in [0.2, 0.25) is 5.91 Å². The molecule has 1 heterocycles. The molecule has 2 aliphatic rings. The van der Waals surface area contributed by atoms with E-state index in [9.17, 15) is 4.79 Å². The molecule has 126 valence electrons. The van der Waals surface area contributed by atoms with Gasteiger partial charge < -0.3 is 9.84 Å². The van der Waals surface area contributed by atoms with E-state index in [1.165, 1.54) is 19.3 Å². The molecule has 0 bridgehead atoms. The molecule has 2 aliphatic carbocycles. The van der Waals surface area contributed by atoms with Crippen molar-refractivity contribution in [1.29, 1.82) is 0 Å². The van der Waals surface area contributed by atoms with E-state index in [4.69, 9.17) is 4.52 Å². The Balaban J connectivity index is 1.51. The van der Waals surface area contributed by atoms with Crippen LogP contribution in [0.1, 0.15) is 51.1 Å². The van der Waals surface area contributed by atoms with Gasteiger partial charge in [0.05, 0.1) is 11.1 Å². The van der Waals surface area contributed by atoms with Crippen molar-refractivity contribution < 1.29 is 9.32 Å². The number of nitrogens with zero attached hydrogens (tertiary/aromatic N) is 1. The second kappa shape index (κ2) is 6.08. The predicted molar refractivity (Wildman–Crippen MR) is 92.4 cm³/mol. The summed E-state index contributed by atoms with van der Waals surface area (Å²) in [4.78, 5) is 12.9. The number of nitrogens with one attached hydrogen (secondary N) is 1. The summed E-state index contributed by atoms with van der Waals surface area (Å²) < 4.78 is 5.51. The lowest BCUT2D eigenvalue weighted by Gasteiger charge is -2.30. The predicted octanol–water partition coefficient (Wildman–Crippen LogP) is 4.07. The van der Waals surface area contributed by atoms with Crippen molar-refractivity contribution in [3.63, 3.8) is 0 Å². The number of rotatable bonds is 4. The minimum absolute atomic E-state index is 0.133. The van der Waals surface area contributed by atoms with Crippen molar-refractivity contribution in [3.8, 4) is 11.3 Å². The van der Waals surface area contributed by atoms with Gasteiger partial charge in [0.1, 0.15) is 0 Å². The molecule has 2 aromatic rings. The van der Waals surface area contributed by atoms with Crippen LogP contribution in [0.4, 0.5) is 0 Å². The molecule has 4 heteroatoms. The van der Waals surface area contributed by atoms with Gasteiger partial charge in [0, 0.05) is 17.7 Å². The highest BCUT2D eigenvalue weighted by Crippen LogP contribution is 2.49. The maximum Gasteiger partial charge on any atom is 0.232 e. The van der Waals surface area contributed by atoms with E-state index in [1.807, 2.05) is 36.4 Å². The van der Waals surface area contributed by atoms with Crippen LogP contribution in [-0.4, -0.2) is 17.1 Å². The number of amides is 1. The van der Waals surface area contributed by atoms with E-state index in [0.29, 0.717) is 12.0 Å². The topological polar surface area (TPSA) is 55.1 Å². The van der Waals surface area contributed by atoms with E-state index in [0.717, 1.165) is 36.3 Å². The highest BCUT2D eigenvalue weighted by molar-refractivity contribution is 5.91. The molecule has 1 aromatic heterocycles. The van der Waals surface area contributed by atoms with E-state index in [2.05, 4.69) is 17.4 Å². The van der Waals surface area contributed by atoms with E-state index >= 15 is 0 Å². The largest absolute Gasteiger partial charge is 0.356 e. The van der Waals surface area contributed by atoms with Crippen LogP contribution in [0.25, 0.3) is 11.3 Å². The molecule has 2 saturated carbocycles. The lowest BCUT2D eigenvalue weighted by Crippen LogP contribution is -2.45. The normalized spacial score (nSPS) is 25.2. The first-order valence-electron chi connectivity index (χ1n) is 9.03. The Kier molecular flexibility index (Phi) is 3.91. The van der Waals surface area contributed by atoms with E-state index in [1.54, 1.807) is 0 Å². The van der Waals surface area contributed by atoms with E-state index < -0.39 is 5.41 Å². The molecule has 4 nitrogen and oxygen atoms in total. The van der Waals surface area contributed by atoms with Crippen LogP contribution >= 0.6 is 0 Å². The van der Waals surface area contributed by atoms with Gasteiger partial charge in [-0.3, -0.25) is 4.79 Å². The van der Waals surface area contributed by atoms with Crippen LogP contribution in [0, 0.1) is 5.92 Å². The summed E-state index contributed by atoms with van der Waals surface area (Å²) >= 11 is 0. The molecule has 0 spiro atoms. The van der Waals surface area contributed by atoms with Crippen molar-refractivity contribution in [3.05, 3.63) is 42.1 Å². The molecule has 1 N–H and O–H groups in total. The quantitative estimate of drug-likeness (QED) is 0.922. The van der Waals surface area contributed by atoms with E-state index in [-0.39, 0.29) is 5.91 Å². The first-order chi connectivity index (χ1) is 11.7. The van der Waals surface area contributed by atoms with Gasteiger partial charge in [-0.15, -0.1) is 0 Å². The zero-order chi connectivity index (χ0) is 16.6. The minimum atomic E-state index is -0.465. The molecular formula is C20H24N2O2. The third-order valence-corrected chi connectivity index (χ3v) is 5.67. The van der Waals surface area contributed by atoms with Gasteiger partial charge in [-0.1, -0.05) is 55.3 Å². The molecule has 0 radical (unpaired) electrons. The third kappa shape index (κ3) is 2.74. The molecule has 2 fully saturated rings. The molecule has 0 saturated heterocycles. The SMILES string of the molecule is CC1CCCCC1NC(=O)C1(c2cc(-c3ccccc3)on2)CC1. The third-order valence-electron chi connectivity index (χ3n) is 5.67. The Hall–Kier alpha value is -2.10. The Bertz CT molecular complexity index is 718. The smallest absolute Gasteiger partial charge is 0.232 e. The number of aromatic nitrogens is 1. The lowest BCUT2D eigenvalue weighted by atomic mass is 9.85. The molecule has 2 atom stereocenters. The average molecular weight is 324 g/mol. The summed E-state index contributed by atoms with van der Waals surface area (Å²) in [6.45, 7) is 2.24.